The van der Waals surface area contributed by atoms with Gasteiger partial charge in [0, 0.05) is 29.3 Å². The molecule has 0 radical (unpaired) electrons. The molecule has 200 valence electrons. The van der Waals surface area contributed by atoms with Crippen LogP contribution in [-0.2, 0) is 9.53 Å². The van der Waals surface area contributed by atoms with Crippen LogP contribution in [0.25, 0.3) is 11.1 Å². The van der Waals surface area contributed by atoms with E-state index in [-0.39, 0.29) is 23.8 Å². The molecule has 1 aliphatic carbocycles. The van der Waals surface area contributed by atoms with Crippen LogP contribution in [0.1, 0.15) is 44.2 Å². The van der Waals surface area contributed by atoms with Crippen LogP contribution in [0.15, 0.2) is 84.9 Å². The van der Waals surface area contributed by atoms with Crippen LogP contribution in [0.3, 0.4) is 0 Å². The molecule has 1 heterocycles. The molecule has 40 heavy (non-hydrogen) atoms. The normalized spacial score (nSPS) is 13.1. The summed E-state index contributed by atoms with van der Waals surface area (Å²) in [4.78, 5) is 38.7. The van der Waals surface area contributed by atoms with E-state index in [0.717, 1.165) is 22.3 Å². The molecule has 8 heteroatoms. The molecule has 4 aromatic rings. The lowest BCUT2D eigenvalue weighted by Crippen LogP contribution is -2.18. The average Bonchev–Trinajstić information content (AvgIpc) is 3.29. The Morgan fingerprint density at radius 3 is 2.05 bits per heavy atom. The van der Waals surface area contributed by atoms with Gasteiger partial charge in [-0.05, 0) is 58.7 Å². The number of hydrogen-bond acceptors (Lipinski definition) is 6. The van der Waals surface area contributed by atoms with Crippen molar-refractivity contribution in [1.29, 1.82) is 0 Å². The smallest absolute Gasteiger partial charge is 0.337 e. The second kappa shape index (κ2) is 10.6. The molecule has 0 fully saturated rings. The number of fused-ring (bicyclic) bond motifs is 4. The van der Waals surface area contributed by atoms with E-state index in [4.69, 9.17) is 14.2 Å². The van der Waals surface area contributed by atoms with Gasteiger partial charge in [0.1, 0.15) is 13.2 Å². The lowest BCUT2D eigenvalue weighted by atomic mass is 9.93. The fourth-order valence-corrected chi connectivity index (χ4v) is 5.27. The summed E-state index contributed by atoms with van der Waals surface area (Å²) < 4.78 is 16.0. The van der Waals surface area contributed by atoms with Crippen LogP contribution in [-0.4, -0.2) is 38.1 Å². The molecule has 1 aliphatic heterocycles. The van der Waals surface area contributed by atoms with Crippen molar-refractivity contribution in [3.05, 3.63) is 107 Å². The third-order valence-electron chi connectivity index (χ3n) is 7.05. The van der Waals surface area contributed by atoms with Crippen LogP contribution in [0, 0.1) is 0 Å². The zero-order chi connectivity index (χ0) is 27.6. The molecule has 0 spiro atoms. The fraction of sp³-hybridized carbons (Fsp3) is 0.156. The molecule has 0 bridgehead atoms. The van der Waals surface area contributed by atoms with E-state index in [2.05, 4.69) is 34.9 Å². The van der Waals surface area contributed by atoms with E-state index in [0.29, 0.717) is 41.7 Å². The van der Waals surface area contributed by atoms with Crippen LogP contribution < -0.4 is 20.1 Å². The van der Waals surface area contributed by atoms with Gasteiger partial charge < -0.3 is 24.8 Å². The van der Waals surface area contributed by atoms with Crippen molar-refractivity contribution < 1.29 is 28.6 Å². The van der Waals surface area contributed by atoms with Crippen LogP contribution >= 0.6 is 0 Å². The molecule has 0 atom stereocenters. The van der Waals surface area contributed by atoms with Crippen molar-refractivity contribution in [2.45, 2.75) is 12.3 Å². The number of rotatable bonds is 6. The highest BCUT2D eigenvalue weighted by molar-refractivity contribution is 6.06. The predicted molar refractivity (Wildman–Crippen MR) is 150 cm³/mol. The molecule has 0 saturated heterocycles. The zero-order valence-corrected chi connectivity index (χ0v) is 21.7. The number of anilines is 2. The van der Waals surface area contributed by atoms with E-state index < -0.39 is 11.9 Å². The Morgan fingerprint density at radius 1 is 0.750 bits per heavy atom. The van der Waals surface area contributed by atoms with Crippen molar-refractivity contribution in [3.8, 4) is 22.6 Å². The number of nitrogens with one attached hydrogen (secondary N) is 2. The minimum atomic E-state index is -0.593. The molecule has 2 N–H and O–H groups in total. The van der Waals surface area contributed by atoms with E-state index in [9.17, 15) is 14.4 Å². The Labute approximate surface area is 230 Å². The highest BCUT2D eigenvalue weighted by atomic mass is 16.6. The van der Waals surface area contributed by atoms with E-state index >= 15 is 0 Å². The minimum absolute atomic E-state index is 0.0921. The monoisotopic (exact) mass is 534 g/mol. The Morgan fingerprint density at radius 2 is 1.38 bits per heavy atom. The van der Waals surface area contributed by atoms with E-state index in [1.807, 2.05) is 24.3 Å². The van der Waals surface area contributed by atoms with Crippen LogP contribution in [0.2, 0.25) is 0 Å². The van der Waals surface area contributed by atoms with Gasteiger partial charge in [-0.2, -0.15) is 0 Å². The quantitative estimate of drug-likeness (QED) is 0.311. The summed E-state index contributed by atoms with van der Waals surface area (Å²) in [6.45, 7) is 0.855. The van der Waals surface area contributed by atoms with E-state index in [1.165, 1.54) is 19.2 Å². The molecular formula is C32H26N2O6. The number of carbonyl (C=O) groups excluding carboxylic acids is 3. The summed E-state index contributed by atoms with van der Waals surface area (Å²) in [6, 6.07) is 25.8. The Kier molecular flexibility index (Phi) is 6.66. The first-order chi connectivity index (χ1) is 19.5. The fourth-order valence-electron chi connectivity index (χ4n) is 5.27. The summed E-state index contributed by atoms with van der Waals surface area (Å²) in [5.74, 6) is -0.244. The number of benzene rings is 4. The maximum atomic E-state index is 13.3. The molecule has 6 rings (SSSR count). The third-order valence-corrected chi connectivity index (χ3v) is 7.05. The van der Waals surface area contributed by atoms with Gasteiger partial charge in [-0.1, -0.05) is 48.5 Å². The molecular weight excluding hydrogens is 508 g/mol. The number of hydrogen-bond donors (Lipinski definition) is 2. The maximum absolute atomic E-state index is 13.3. The number of methoxy groups -OCH3 is 1. The Bertz CT molecular complexity index is 1600. The Hall–Kier alpha value is -5.11. The summed E-state index contributed by atoms with van der Waals surface area (Å²) in [6.07, 6.45) is 0.218. The second-order valence-electron chi connectivity index (χ2n) is 9.58. The predicted octanol–water partition coefficient (Wildman–Crippen LogP) is 5.64. The SMILES string of the molecule is COC(=O)c1cc(NC(=O)CC2c3ccccc3-c3ccccc32)cc(NC(=O)c2ccc3c(c2)OCCO3)c1. The van der Waals surface area contributed by atoms with Gasteiger partial charge in [-0.15, -0.1) is 0 Å². The first-order valence-electron chi connectivity index (χ1n) is 12.9. The van der Waals surface area contributed by atoms with Gasteiger partial charge >= 0.3 is 5.97 Å². The molecule has 0 unspecified atom stereocenters. The Balaban J connectivity index is 1.23. The second-order valence-corrected chi connectivity index (χ2v) is 9.58. The third kappa shape index (κ3) is 4.87. The average molecular weight is 535 g/mol. The molecule has 0 saturated carbocycles. The van der Waals surface area contributed by atoms with Crippen molar-refractivity contribution in [2.75, 3.05) is 31.0 Å². The summed E-state index contributed by atoms with van der Waals surface area (Å²) >= 11 is 0. The largest absolute Gasteiger partial charge is 0.486 e. The van der Waals surface area contributed by atoms with Gasteiger partial charge in [-0.25, -0.2) is 4.79 Å². The van der Waals surface area contributed by atoms with Crippen molar-refractivity contribution >= 4 is 29.2 Å². The molecule has 2 aliphatic rings. The standard InChI is InChI=1S/C32H26N2O6/c1-38-32(37)20-14-21(17-22(15-20)34-31(36)19-10-11-28-29(16-19)40-13-12-39-28)33-30(35)18-27-25-8-4-2-6-23(25)24-7-3-5-9-26(24)27/h2-11,14-17,27H,12-13,18H2,1H3,(H,33,35)(H,34,36). The van der Waals surface area contributed by atoms with Crippen molar-refractivity contribution in [2.24, 2.45) is 0 Å². The summed E-state index contributed by atoms with van der Waals surface area (Å²) in [7, 11) is 1.27. The van der Waals surface area contributed by atoms with Crippen LogP contribution in [0.4, 0.5) is 11.4 Å². The minimum Gasteiger partial charge on any atom is -0.486 e. The highest BCUT2D eigenvalue weighted by Gasteiger charge is 2.29. The number of esters is 1. The van der Waals surface area contributed by atoms with Gasteiger partial charge in [-0.3, -0.25) is 9.59 Å². The zero-order valence-electron chi connectivity index (χ0n) is 21.7. The van der Waals surface area contributed by atoms with Gasteiger partial charge in [0.2, 0.25) is 5.91 Å². The number of carbonyl (C=O) groups is 3. The molecule has 4 aromatic carbocycles. The molecule has 0 aromatic heterocycles. The number of amides is 2. The maximum Gasteiger partial charge on any atom is 0.337 e. The highest BCUT2D eigenvalue weighted by Crippen LogP contribution is 2.46. The molecule has 2 amide bonds. The van der Waals surface area contributed by atoms with Crippen molar-refractivity contribution in [1.82, 2.24) is 0 Å². The lowest BCUT2D eigenvalue weighted by Gasteiger charge is -2.19. The van der Waals surface area contributed by atoms with Crippen molar-refractivity contribution in [3.63, 3.8) is 0 Å². The van der Waals surface area contributed by atoms with Gasteiger partial charge in [0.05, 0.1) is 12.7 Å². The van der Waals surface area contributed by atoms with Crippen LogP contribution in [0.5, 0.6) is 11.5 Å². The van der Waals surface area contributed by atoms with Gasteiger partial charge in [0.15, 0.2) is 11.5 Å². The number of ether oxygens (including phenoxy) is 3. The lowest BCUT2D eigenvalue weighted by molar-refractivity contribution is -0.116. The first kappa shape index (κ1) is 25.2. The molecule has 8 nitrogen and oxygen atoms in total. The first-order valence-corrected chi connectivity index (χ1v) is 12.9. The topological polar surface area (TPSA) is 103 Å². The summed E-state index contributed by atoms with van der Waals surface area (Å²) in [5, 5.41) is 5.71. The summed E-state index contributed by atoms with van der Waals surface area (Å²) in [5.41, 5.74) is 5.72. The van der Waals surface area contributed by atoms with Gasteiger partial charge in [0.25, 0.3) is 5.91 Å². The van der Waals surface area contributed by atoms with E-state index in [1.54, 1.807) is 24.3 Å².